The smallest absolute Gasteiger partial charge is 0.322 e. The number of aliphatic hydroxyl groups is 2. The van der Waals surface area contributed by atoms with Gasteiger partial charge in [-0.25, -0.2) is 4.58 Å². The van der Waals surface area contributed by atoms with E-state index in [0.717, 1.165) is 22.2 Å². The van der Waals surface area contributed by atoms with Gasteiger partial charge in [-0.15, -0.1) is 0 Å². The molecule has 2 N–H and O–H groups in total. The Morgan fingerprint density at radius 3 is 2.72 bits per heavy atom. The zero-order valence-electron chi connectivity index (χ0n) is 17.3. The van der Waals surface area contributed by atoms with E-state index in [1.54, 1.807) is 6.92 Å². The zero-order chi connectivity index (χ0) is 20.2. The molecule has 1 aliphatic carbocycles. The van der Waals surface area contributed by atoms with Crippen LogP contribution in [0.1, 0.15) is 30.7 Å². The predicted molar refractivity (Wildman–Crippen MR) is 106 cm³/mol. The van der Waals surface area contributed by atoms with Crippen molar-refractivity contribution in [2.45, 2.75) is 32.0 Å². The van der Waals surface area contributed by atoms with E-state index in [1.165, 1.54) is 7.11 Å². The van der Waals surface area contributed by atoms with Crippen molar-refractivity contribution in [3.8, 4) is 0 Å². The minimum Gasteiger partial charge on any atom is -1.00 e. The standard InChI is InChI=1S/C22H29N2O4.HI/c1-13(25)16-11-23(2)12-22(21(27)28-4)10-15-14-7-5-6-8-18(14)24(3)20(15)19(26)9-17(16)22;/h5-8,12-13,16-17,19,25-26H,9-11H2,1-4H3;1H/q+1;/p-1/t13?,16-,17+,19?,22+;/m1./s1. The number of fused-ring (bicyclic) bond motifs is 4. The maximum atomic E-state index is 13.2. The van der Waals surface area contributed by atoms with Gasteiger partial charge >= 0.3 is 5.97 Å². The molecule has 0 saturated carbocycles. The number of rotatable bonds is 2. The van der Waals surface area contributed by atoms with E-state index in [4.69, 9.17) is 4.74 Å². The molecule has 7 heteroatoms. The lowest BCUT2D eigenvalue weighted by atomic mass is 9.63. The van der Waals surface area contributed by atoms with Crippen LogP contribution in [0.5, 0.6) is 0 Å². The van der Waals surface area contributed by atoms with Gasteiger partial charge in [0.1, 0.15) is 13.6 Å². The van der Waals surface area contributed by atoms with Crippen LogP contribution in [0.25, 0.3) is 10.9 Å². The lowest BCUT2D eigenvalue weighted by molar-refractivity contribution is -0.516. The second kappa shape index (κ2) is 8.00. The van der Waals surface area contributed by atoms with Crippen molar-refractivity contribution in [3.63, 3.8) is 0 Å². The summed E-state index contributed by atoms with van der Waals surface area (Å²) in [4.78, 5) is 13.2. The molecule has 2 aromatic rings. The minimum absolute atomic E-state index is 0. The summed E-state index contributed by atoms with van der Waals surface area (Å²) in [6.45, 7) is 2.41. The highest BCUT2D eigenvalue weighted by atomic mass is 127. The number of halogens is 1. The summed E-state index contributed by atoms with van der Waals surface area (Å²) < 4.78 is 9.32. The van der Waals surface area contributed by atoms with Crippen molar-refractivity contribution in [1.29, 1.82) is 0 Å². The fourth-order valence-electron chi connectivity index (χ4n) is 5.65. The number of ether oxygens (including phenoxy) is 1. The van der Waals surface area contributed by atoms with E-state index in [1.807, 2.05) is 53.7 Å². The van der Waals surface area contributed by atoms with Crippen LogP contribution < -0.4 is 24.0 Å². The Labute approximate surface area is 188 Å². The summed E-state index contributed by atoms with van der Waals surface area (Å²) in [5.74, 6) is -0.649. The molecule has 0 amide bonds. The number of para-hydroxylation sites is 1. The monoisotopic (exact) mass is 512 g/mol. The molecular weight excluding hydrogens is 483 g/mol. The first kappa shape index (κ1) is 22.2. The van der Waals surface area contributed by atoms with Crippen LogP contribution in [-0.2, 0) is 23.0 Å². The highest BCUT2D eigenvalue weighted by Crippen LogP contribution is 2.50. The van der Waals surface area contributed by atoms with E-state index in [-0.39, 0.29) is 41.8 Å². The molecule has 1 aliphatic heterocycles. The highest BCUT2D eigenvalue weighted by molar-refractivity contribution is 5.96. The third-order valence-corrected chi connectivity index (χ3v) is 6.84. The van der Waals surface area contributed by atoms with Crippen molar-refractivity contribution < 1.29 is 48.3 Å². The first-order chi connectivity index (χ1) is 13.3. The number of aliphatic hydroxyl groups excluding tert-OH is 2. The summed E-state index contributed by atoms with van der Waals surface area (Å²) in [7, 11) is 5.31. The van der Waals surface area contributed by atoms with Gasteiger partial charge in [-0.3, -0.25) is 4.79 Å². The molecule has 158 valence electrons. The maximum absolute atomic E-state index is 13.2. The van der Waals surface area contributed by atoms with Gasteiger partial charge in [0.05, 0.1) is 25.0 Å². The van der Waals surface area contributed by atoms with Crippen LogP contribution in [0.2, 0.25) is 0 Å². The predicted octanol–water partition coefficient (Wildman–Crippen LogP) is -1.34. The molecular formula is C22H29IN2O4. The van der Waals surface area contributed by atoms with Gasteiger partial charge in [0.2, 0.25) is 0 Å². The van der Waals surface area contributed by atoms with E-state index in [0.29, 0.717) is 19.4 Å². The number of carbonyl (C=O) groups excluding carboxylic acids is 1. The van der Waals surface area contributed by atoms with Gasteiger partial charge in [-0.1, -0.05) is 18.2 Å². The van der Waals surface area contributed by atoms with Gasteiger partial charge < -0.3 is 43.5 Å². The second-order valence-electron chi connectivity index (χ2n) is 8.48. The molecule has 0 spiro atoms. The molecule has 0 saturated heterocycles. The number of hydrogen-bond donors (Lipinski definition) is 2. The third kappa shape index (κ3) is 3.31. The summed E-state index contributed by atoms with van der Waals surface area (Å²) in [6, 6.07) is 8.05. The van der Waals surface area contributed by atoms with Crippen molar-refractivity contribution in [2.24, 2.45) is 24.3 Å². The highest BCUT2D eigenvalue weighted by Gasteiger charge is 2.58. The number of aromatic nitrogens is 1. The van der Waals surface area contributed by atoms with Crippen molar-refractivity contribution >= 4 is 23.1 Å². The third-order valence-electron chi connectivity index (χ3n) is 6.84. The average molecular weight is 512 g/mol. The van der Waals surface area contributed by atoms with E-state index in [2.05, 4.69) is 0 Å². The minimum atomic E-state index is -0.917. The molecule has 1 aromatic carbocycles. The molecule has 6 nitrogen and oxygen atoms in total. The van der Waals surface area contributed by atoms with Gasteiger partial charge in [-0.2, -0.15) is 0 Å². The molecule has 5 atom stereocenters. The number of esters is 1. The number of hydrogen-bond acceptors (Lipinski definition) is 4. The van der Waals surface area contributed by atoms with Crippen LogP contribution >= 0.6 is 0 Å². The molecule has 0 bridgehead atoms. The average Bonchev–Trinajstić information content (AvgIpc) is 2.86. The molecule has 29 heavy (non-hydrogen) atoms. The van der Waals surface area contributed by atoms with Gasteiger partial charge in [0.15, 0.2) is 11.6 Å². The number of benzene rings is 1. The Morgan fingerprint density at radius 2 is 2.07 bits per heavy atom. The van der Waals surface area contributed by atoms with Crippen LogP contribution in [-0.4, -0.2) is 58.3 Å². The maximum Gasteiger partial charge on any atom is 0.322 e. The zero-order valence-corrected chi connectivity index (χ0v) is 19.5. The number of nitrogens with zero attached hydrogens (tertiary/aromatic N) is 2. The fraction of sp³-hybridized carbons (Fsp3) is 0.545. The quantitative estimate of drug-likeness (QED) is 0.297. The van der Waals surface area contributed by atoms with E-state index < -0.39 is 17.6 Å². The van der Waals surface area contributed by atoms with Gasteiger partial charge in [0.25, 0.3) is 0 Å². The Hall–Kier alpha value is -1.45. The summed E-state index contributed by atoms with van der Waals surface area (Å²) in [5, 5.41) is 22.8. The van der Waals surface area contributed by atoms with Crippen LogP contribution in [0.4, 0.5) is 0 Å². The molecule has 4 rings (SSSR count). The molecule has 0 radical (unpaired) electrons. The Morgan fingerprint density at radius 1 is 1.38 bits per heavy atom. The lowest BCUT2D eigenvalue weighted by Crippen LogP contribution is -3.00. The Kier molecular flexibility index (Phi) is 6.13. The number of methoxy groups -OCH3 is 1. The fourth-order valence-corrected chi connectivity index (χ4v) is 5.65. The van der Waals surface area contributed by atoms with Gasteiger partial charge in [-0.05, 0) is 30.9 Å². The molecule has 2 heterocycles. The van der Waals surface area contributed by atoms with Crippen molar-refractivity contribution in [1.82, 2.24) is 4.57 Å². The lowest BCUT2D eigenvalue weighted by Gasteiger charge is -2.41. The molecule has 2 unspecified atom stereocenters. The van der Waals surface area contributed by atoms with Crippen molar-refractivity contribution in [2.75, 3.05) is 20.7 Å². The first-order valence-corrected chi connectivity index (χ1v) is 9.87. The summed E-state index contributed by atoms with van der Waals surface area (Å²) in [6.07, 6.45) is 1.53. The first-order valence-electron chi connectivity index (χ1n) is 9.87. The summed E-state index contributed by atoms with van der Waals surface area (Å²) in [5.41, 5.74) is 1.98. The van der Waals surface area contributed by atoms with Crippen molar-refractivity contribution in [3.05, 3.63) is 35.5 Å². The Bertz CT molecular complexity index is 967. The largest absolute Gasteiger partial charge is 1.00 e. The number of carbonyl (C=O) groups is 1. The topological polar surface area (TPSA) is 74.7 Å². The van der Waals surface area contributed by atoms with Crippen LogP contribution in [0.3, 0.4) is 0 Å². The van der Waals surface area contributed by atoms with E-state index >= 15 is 0 Å². The van der Waals surface area contributed by atoms with Gasteiger partial charge in [0, 0.05) is 30.3 Å². The second-order valence-corrected chi connectivity index (χ2v) is 8.48. The van der Waals surface area contributed by atoms with Crippen LogP contribution in [0, 0.1) is 17.3 Å². The number of aryl methyl sites for hydroxylation is 1. The molecule has 2 aliphatic rings. The summed E-state index contributed by atoms with van der Waals surface area (Å²) >= 11 is 0. The SMILES string of the molecule is COC(=O)[C@@]12C=[N+](C)C[C@H](C(C)O)[C@@H]1CC(O)c1c(c3ccccc3n1C)C2.[I-]. The van der Waals surface area contributed by atoms with Crippen LogP contribution in [0.15, 0.2) is 24.3 Å². The molecule has 1 aromatic heterocycles. The normalized spacial score (nSPS) is 29.7. The Balaban J connectivity index is 0.00000240. The van der Waals surface area contributed by atoms with E-state index in [9.17, 15) is 15.0 Å². The molecule has 0 fully saturated rings.